The molecule has 0 radical (unpaired) electrons. The molecule has 10 nitrogen and oxygen atoms in total. The summed E-state index contributed by atoms with van der Waals surface area (Å²) in [5, 5.41) is 37.8. The van der Waals surface area contributed by atoms with Crippen LogP contribution in [0.1, 0.15) is 24.2 Å². The molecular weight excluding hydrogens is 444 g/mol. The molecular formula is C22H28N6O4S. The minimum atomic E-state index is -1.02. The molecule has 0 spiro atoms. The van der Waals surface area contributed by atoms with Gasteiger partial charge < -0.3 is 30.7 Å². The van der Waals surface area contributed by atoms with Gasteiger partial charge in [0, 0.05) is 25.3 Å². The van der Waals surface area contributed by atoms with Gasteiger partial charge in [-0.15, -0.1) is 11.3 Å². The Morgan fingerprint density at radius 3 is 2.67 bits per heavy atom. The highest BCUT2D eigenvalue weighted by Gasteiger charge is 2.41. The first-order valence-corrected chi connectivity index (χ1v) is 11.9. The predicted octanol–water partition coefficient (Wildman–Crippen LogP) is 1.48. The molecule has 1 saturated heterocycles. The van der Waals surface area contributed by atoms with Crippen LogP contribution in [-0.4, -0.2) is 79.4 Å². The minimum absolute atomic E-state index is 0.136. The molecule has 2 aliphatic rings. The van der Waals surface area contributed by atoms with E-state index in [1.54, 1.807) is 6.20 Å². The SMILES string of the molecule is Cc1nc(N[C@H]2CCOC2)nc(N[C@@H]2C[C@H](CO)[C@@H](O)[C@H]2O)c1-c1nc2c(C)nccc2s1. The van der Waals surface area contributed by atoms with E-state index in [4.69, 9.17) is 14.7 Å². The molecule has 1 aliphatic heterocycles. The number of aliphatic hydroxyl groups is 3. The quantitative estimate of drug-likeness (QED) is 0.357. The highest BCUT2D eigenvalue weighted by molar-refractivity contribution is 7.21. The lowest BCUT2D eigenvalue weighted by Crippen LogP contribution is -2.36. The van der Waals surface area contributed by atoms with Crippen molar-refractivity contribution in [2.75, 3.05) is 30.5 Å². The molecule has 0 bridgehead atoms. The summed E-state index contributed by atoms with van der Waals surface area (Å²) in [4.78, 5) is 18.6. The molecule has 5 N–H and O–H groups in total. The highest BCUT2D eigenvalue weighted by Crippen LogP contribution is 2.38. The predicted molar refractivity (Wildman–Crippen MR) is 125 cm³/mol. The fraction of sp³-hybridized carbons (Fsp3) is 0.545. The molecule has 11 heteroatoms. The number of aromatic nitrogens is 4. The number of aryl methyl sites for hydroxylation is 2. The first kappa shape index (κ1) is 22.4. The van der Waals surface area contributed by atoms with Gasteiger partial charge in [-0.2, -0.15) is 4.98 Å². The third-order valence-electron chi connectivity index (χ3n) is 6.42. The summed E-state index contributed by atoms with van der Waals surface area (Å²) in [6, 6.07) is 1.61. The maximum atomic E-state index is 10.6. The zero-order valence-electron chi connectivity index (χ0n) is 18.5. The lowest BCUT2D eigenvalue weighted by Gasteiger charge is -2.21. The number of ether oxygens (including phenoxy) is 1. The van der Waals surface area contributed by atoms with Crippen LogP contribution in [0.3, 0.4) is 0 Å². The Kier molecular flexibility index (Phi) is 6.14. The molecule has 5 rings (SSSR count). The number of rotatable bonds is 6. The van der Waals surface area contributed by atoms with Gasteiger partial charge in [-0.3, -0.25) is 4.98 Å². The number of aliphatic hydroxyl groups excluding tert-OH is 3. The van der Waals surface area contributed by atoms with Crippen LogP contribution in [-0.2, 0) is 4.74 Å². The summed E-state index contributed by atoms with van der Waals surface area (Å²) >= 11 is 1.53. The van der Waals surface area contributed by atoms with Crippen LogP contribution in [0.25, 0.3) is 20.8 Å². The van der Waals surface area contributed by atoms with E-state index >= 15 is 0 Å². The molecule has 3 aromatic rings. The first-order chi connectivity index (χ1) is 15.9. The molecule has 0 aromatic carbocycles. The van der Waals surface area contributed by atoms with Gasteiger partial charge in [0.15, 0.2) is 0 Å². The largest absolute Gasteiger partial charge is 0.396 e. The number of anilines is 2. The van der Waals surface area contributed by atoms with E-state index in [-0.39, 0.29) is 12.6 Å². The molecule has 5 atom stereocenters. The number of pyridine rings is 1. The second-order valence-corrected chi connectivity index (χ2v) is 9.76. The van der Waals surface area contributed by atoms with E-state index in [0.29, 0.717) is 31.4 Å². The van der Waals surface area contributed by atoms with E-state index < -0.39 is 24.2 Å². The zero-order valence-corrected chi connectivity index (χ0v) is 19.3. The van der Waals surface area contributed by atoms with Gasteiger partial charge in [0.25, 0.3) is 0 Å². The number of thiazole rings is 1. The lowest BCUT2D eigenvalue weighted by atomic mass is 10.1. The van der Waals surface area contributed by atoms with Gasteiger partial charge in [0.05, 0.1) is 46.4 Å². The van der Waals surface area contributed by atoms with Crippen molar-refractivity contribution < 1.29 is 20.1 Å². The average Bonchev–Trinajstić information content (AvgIpc) is 3.51. The maximum absolute atomic E-state index is 10.6. The number of nitrogens with zero attached hydrogens (tertiary/aromatic N) is 4. The maximum Gasteiger partial charge on any atom is 0.225 e. The molecule has 1 aliphatic carbocycles. The summed E-state index contributed by atoms with van der Waals surface area (Å²) in [7, 11) is 0. The second kappa shape index (κ2) is 9.07. The second-order valence-electron chi connectivity index (χ2n) is 8.73. The van der Waals surface area contributed by atoms with Crippen molar-refractivity contribution in [3.05, 3.63) is 23.7 Å². The van der Waals surface area contributed by atoms with Crippen molar-refractivity contribution in [2.24, 2.45) is 5.92 Å². The van der Waals surface area contributed by atoms with Crippen molar-refractivity contribution in [3.8, 4) is 10.6 Å². The topological polar surface area (TPSA) is 146 Å². The summed E-state index contributed by atoms with van der Waals surface area (Å²) in [5.74, 6) is 0.608. The monoisotopic (exact) mass is 472 g/mol. The normalized spacial score (nSPS) is 27.4. The van der Waals surface area contributed by atoms with E-state index in [0.717, 1.165) is 38.6 Å². The third kappa shape index (κ3) is 4.26. The van der Waals surface area contributed by atoms with E-state index in [2.05, 4.69) is 20.6 Å². The third-order valence-corrected chi connectivity index (χ3v) is 7.45. The van der Waals surface area contributed by atoms with Crippen LogP contribution >= 0.6 is 11.3 Å². The van der Waals surface area contributed by atoms with Gasteiger partial charge in [0.2, 0.25) is 5.95 Å². The van der Waals surface area contributed by atoms with Crippen LogP contribution in [0.5, 0.6) is 0 Å². The fourth-order valence-electron chi connectivity index (χ4n) is 4.54. The van der Waals surface area contributed by atoms with Crippen molar-refractivity contribution in [2.45, 2.75) is 51.0 Å². The standard InChI is InChI=1S/C22H28N6O4S/c1-10-16(21-27-17-11(2)23-5-3-15(17)33-21)20(26-14-7-12(8-29)18(30)19(14)31)28-22(24-10)25-13-4-6-32-9-13/h3,5,12-14,18-19,29-31H,4,6-9H2,1-2H3,(H2,24,25,26,28)/t12-,13+,14-,18-,19+/m1/s1. The Bertz CT molecular complexity index is 1150. The van der Waals surface area contributed by atoms with Crippen LogP contribution in [0.15, 0.2) is 12.3 Å². The summed E-state index contributed by atoms with van der Waals surface area (Å²) in [5.41, 5.74) is 3.18. The zero-order chi connectivity index (χ0) is 23.1. The molecule has 176 valence electrons. The van der Waals surface area contributed by atoms with E-state index in [1.165, 1.54) is 11.3 Å². The summed E-state index contributed by atoms with van der Waals surface area (Å²) in [6.07, 6.45) is 1.05. The van der Waals surface area contributed by atoms with Gasteiger partial charge in [0.1, 0.15) is 22.4 Å². The molecule has 33 heavy (non-hydrogen) atoms. The van der Waals surface area contributed by atoms with Gasteiger partial charge in [-0.05, 0) is 32.8 Å². The molecule has 3 aromatic heterocycles. The Morgan fingerprint density at radius 1 is 1.12 bits per heavy atom. The Labute approximate surface area is 195 Å². The molecule has 4 heterocycles. The molecule has 0 unspecified atom stereocenters. The first-order valence-electron chi connectivity index (χ1n) is 11.1. The Morgan fingerprint density at radius 2 is 1.97 bits per heavy atom. The van der Waals surface area contributed by atoms with Gasteiger partial charge in [-0.1, -0.05) is 0 Å². The highest BCUT2D eigenvalue weighted by atomic mass is 32.1. The van der Waals surface area contributed by atoms with Crippen molar-refractivity contribution in [1.82, 2.24) is 19.9 Å². The van der Waals surface area contributed by atoms with Gasteiger partial charge in [-0.25, -0.2) is 9.97 Å². The Balaban J connectivity index is 1.55. The summed E-state index contributed by atoms with van der Waals surface area (Å²) < 4.78 is 6.47. The number of fused-ring (bicyclic) bond motifs is 1. The minimum Gasteiger partial charge on any atom is -0.396 e. The molecule has 0 amide bonds. The smallest absolute Gasteiger partial charge is 0.225 e. The van der Waals surface area contributed by atoms with Crippen LogP contribution in [0, 0.1) is 19.8 Å². The van der Waals surface area contributed by atoms with Crippen LogP contribution in [0.2, 0.25) is 0 Å². The summed E-state index contributed by atoms with van der Waals surface area (Å²) in [6.45, 7) is 4.95. The van der Waals surface area contributed by atoms with Crippen LogP contribution in [0.4, 0.5) is 11.8 Å². The average molecular weight is 473 g/mol. The number of hydrogen-bond acceptors (Lipinski definition) is 11. The van der Waals surface area contributed by atoms with Crippen molar-refractivity contribution in [3.63, 3.8) is 0 Å². The van der Waals surface area contributed by atoms with Crippen LogP contribution < -0.4 is 10.6 Å². The fourth-order valence-corrected chi connectivity index (χ4v) is 5.65. The van der Waals surface area contributed by atoms with Crippen molar-refractivity contribution in [1.29, 1.82) is 0 Å². The molecule has 1 saturated carbocycles. The number of hydrogen-bond donors (Lipinski definition) is 5. The van der Waals surface area contributed by atoms with Crippen molar-refractivity contribution >= 4 is 33.3 Å². The number of nitrogens with one attached hydrogen (secondary N) is 2. The van der Waals surface area contributed by atoms with E-state index in [1.807, 2.05) is 19.9 Å². The lowest BCUT2D eigenvalue weighted by molar-refractivity contribution is 0.00446. The van der Waals surface area contributed by atoms with E-state index in [9.17, 15) is 15.3 Å². The van der Waals surface area contributed by atoms with Gasteiger partial charge >= 0.3 is 0 Å². The Hall–Kier alpha value is -2.44. The molecule has 2 fully saturated rings.